The molecule has 0 aliphatic carbocycles. The van der Waals surface area contributed by atoms with E-state index >= 15 is 0 Å². The van der Waals surface area contributed by atoms with Crippen molar-refractivity contribution in [2.45, 2.75) is 0 Å². The highest BCUT2D eigenvalue weighted by molar-refractivity contribution is 7.26. The molecule has 55 heavy (non-hydrogen) atoms. The van der Waals surface area contributed by atoms with E-state index in [1.165, 1.54) is 20.2 Å². The molecule has 0 aliphatic rings. The molecule has 0 unspecified atom stereocenters. The Kier molecular flexibility index (Phi) is 8.24. The second kappa shape index (κ2) is 14.0. The normalized spacial score (nSPS) is 11.3. The maximum Gasteiger partial charge on any atom is 0.164 e. The topological polar surface area (TPSA) is 77.3 Å². The molecule has 0 aliphatic heterocycles. The molecule has 0 N–H and O–H groups in total. The zero-order chi connectivity index (χ0) is 36.6. The fraction of sp³-hybridized carbons (Fsp3) is 0. The highest BCUT2D eigenvalue weighted by atomic mass is 32.1. The zero-order valence-electron chi connectivity index (χ0n) is 29.4. The van der Waals surface area contributed by atoms with Crippen molar-refractivity contribution >= 4 is 31.5 Å². The van der Waals surface area contributed by atoms with Crippen molar-refractivity contribution in [3.05, 3.63) is 182 Å². The van der Waals surface area contributed by atoms with Crippen LogP contribution < -0.4 is 0 Å². The molecule has 0 fully saturated rings. The van der Waals surface area contributed by atoms with Gasteiger partial charge in [-0.25, -0.2) is 29.9 Å². The minimum atomic E-state index is 0.556. The predicted octanol–water partition coefficient (Wildman–Crippen LogP) is 12.1. The van der Waals surface area contributed by atoms with Crippen LogP contribution in [-0.4, -0.2) is 29.9 Å². The summed E-state index contributed by atoms with van der Waals surface area (Å²) in [4.78, 5) is 30.4. The maximum atomic E-state index is 5.12. The first-order valence-corrected chi connectivity index (χ1v) is 18.9. The highest BCUT2D eigenvalue weighted by Gasteiger charge is 2.19. The Morgan fingerprint density at radius 2 is 0.618 bits per heavy atom. The highest BCUT2D eigenvalue weighted by Crippen LogP contribution is 2.42. The second-order valence-corrected chi connectivity index (χ2v) is 14.2. The first-order valence-electron chi connectivity index (χ1n) is 18.0. The molecule has 0 atom stereocenters. The summed E-state index contributed by atoms with van der Waals surface area (Å²) < 4.78 is 2.46. The Hall–Kier alpha value is -7.22. The average Bonchev–Trinajstić information content (AvgIpc) is 3.66. The molecular weight excluding hydrogens is 693 g/mol. The lowest BCUT2D eigenvalue weighted by atomic mass is 9.97. The maximum absolute atomic E-state index is 5.12. The summed E-state index contributed by atoms with van der Waals surface area (Å²) in [6.07, 6.45) is 0. The molecule has 258 valence electrons. The van der Waals surface area contributed by atoms with Gasteiger partial charge >= 0.3 is 0 Å². The summed E-state index contributed by atoms with van der Waals surface area (Å²) in [5.41, 5.74) is 7.41. The van der Waals surface area contributed by atoms with Gasteiger partial charge in [0, 0.05) is 53.6 Å². The van der Waals surface area contributed by atoms with Crippen LogP contribution >= 0.6 is 11.3 Å². The second-order valence-electron chi connectivity index (χ2n) is 13.2. The van der Waals surface area contributed by atoms with Gasteiger partial charge < -0.3 is 0 Å². The van der Waals surface area contributed by atoms with Crippen molar-refractivity contribution in [3.8, 4) is 79.5 Å². The summed E-state index contributed by atoms with van der Waals surface area (Å²) in [5, 5.41) is 2.47. The third kappa shape index (κ3) is 6.33. The largest absolute Gasteiger partial charge is 0.208 e. The molecule has 0 saturated heterocycles. The summed E-state index contributed by atoms with van der Waals surface area (Å²) in [5.74, 6) is 3.50. The minimum absolute atomic E-state index is 0.556. The van der Waals surface area contributed by atoms with Crippen molar-refractivity contribution in [3.63, 3.8) is 0 Å². The lowest BCUT2D eigenvalue weighted by molar-refractivity contribution is 1.07. The van der Waals surface area contributed by atoms with Crippen LogP contribution in [0.15, 0.2) is 182 Å². The van der Waals surface area contributed by atoms with Crippen LogP contribution in [0.5, 0.6) is 0 Å². The van der Waals surface area contributed by atoms with E-state index in [-0.39, 0.29) is 0 Å². The molecule has 6 nitrogen and oxygen atoms in total. The van der Waals surface area contributed by atoms with E-state index in [0.717, 1.165) is 44.5 Å². The number of hydrogen-bond donors (Lipinski definition) is 0. The van der Waals surface area contributed by atoms with Gasteiger partial charge in [-0.15, -0.1) is 11.3 Å². The molecule has 0 amide bonds. The lowest BCUT2D eigenvalue weighted by Gasteiger charge is -2.13. The number of benzene rings is 7. The summed E-state index contributed by atoms with van der Waals surface area (Å²) in [7, 11) is 0. The number of thiophene rings is 1. The Bertz CT molecular complexity index is 2710. The van der Waals surface area contributed by atoms with Gasteiger partial charge in [0.1, 0.15) is 0 Å². The Balaban J connectivity index is 1.25. The lowest BCUT2D eigenvalue weighted by Crippen LogP contribution is -2.02. The predicted molar refractivity (Wildman–Crippen MR) is 224 cm³/mol. The Labute approximate surface area is 321 Å². The van der Waals surface area contributed by atoms with E-state index < -0.39 is 0 Å². The van der Waals surface area contributed by atoms with E-state index in [2.05, 4.69) is 60.7 Å². The molecule has 3 heterocycles. The van der Waals surface area contributed by atoms with E-state index in [4.69, 9.17) is 29.9 Å². The summed E-state index contributed by atoms with van der Waals surface area (Å²) in [6, 6.07) is 61.8. The number of nitrogens with zero attached hydrogens (tertiary/aromatic N) is 6. The van der Waals surface area contributed by atoms with Crippen LogP contribution in [-0.2, 0) is 0 Å². The Morgan fingerprint density at radius 3 is 1.05 bits per heavy atom. The van der Waals surface area contributed by atoms with Crippen molar-refractivity contribution in [1.82, 2.24) is 29.9 Å². The fourth-order valence-corrected chi connectivity index (χ4v) is 8.13. The summed E-state index contributed by atoms with van der Waals surface area (Å²) in [6.45, 7) is 0. The minimum Gasteiger partial charge on any atom is -0.208 e. The molecule has 0 spiro atoms. The molecule has 10 rings (SSSR count). The Morgan fingerprint density at radius 1 is 0.273 bits per heavy atom. The van der Waals surface area contributed by atoms with Crippen LogP contribution in [0.2, 0.25) is 0 Å². The average molecular weight is 723 g/mol. The third-order valence-electron chi connectivity index (χ3n) is 9.56. The number of hydrogen-bond acceptors (Lipinski definition) is 7. The monoisotopic (exact) mass is 722 g/mol. The van der Waals surface area contributed by atoms with Crippen molar-refractivity contribution in [2.75, 3.05) is 0 Å². The first kappa shape index (κ1) is 32.4. The zero-order valence-corrected chi connectivity index (χ0v) is 30.2. The van der Waals surface area contributed by atoms with E-state index in [9.17, 15) is 0 Å². The van der Waals surface area contributed by atoms with Crippen LogP contribution in [0, 0.1) is 0 Å². The molecule has 0 bridgehead atoms. The number of rotatable bonds is 7. The van der Waals surface area contributed by atoms with Gasteiger partial charge in [-0.05, 0) is 35.4 Å². The fourth-order valence-electron chi connectivity index (χ4n) is 6.89. The van der Waals surface area contributed by atoms with Crippen LogP contribution in [0.25, 0.3) is 99.6 Å². The standard InChI is InChI=1S/C48H30N6S/c1-5-16-31(17-6-1)43-49-44(32-18-7-2-8-19-32)52-47(51-43)36-28-35(38-25-15-26-40-39-24-13-14-27-41(39)55-42(38)40)29-37(30-36)48-53-45(33-20-9-3-10-21-33)50-46(54-48)34-22-11-4-12-23-34/h1-30H. The molecule has 0 radical (unpaired) electrons. The van der Waals surface area contributed by atoms with Gasteiger partial charge in [0.15, 0.2) is 34.9 Å². The molecule has 3 aromatic heterocycles. The number of fused-ring (bicyclic) bond motifs is 3. The molecule has 10 aromatic rings. The molecule has 7 heteroatoms. The summed E-state index contributed by atoms with van der Waals surface area (Å²) >= 11 is 1.80. The van der Waals surface area contributed by atoms with Gasteiger partial charge in [-0.2, -0.15) is 0 Å². The van der Waals surface area contributed by atoms with Gasteiger partial charge in [0.05, 0.1) is 0 Å². The van der Waals surface area contributed by atoms with Gasteiger partial charge in [-0.3, -0.25) is 0 Å². The molecule has 0 saturated carbocycles. The van der Waals surface area contributed by atoms with Gasteiger partial charge in [0.25, 0.3) is 0 Å². The van der Waals surface area contributed by atoms with E-state index in [1.807, 2.05) is 121 Å². The van der Waals surface area contributed by atoms with Crippen molar-refractivity contribution in [1.29, 1.82) is 0 Å². The SMILES string of the molecule is c1ccc(-c2nc(-c3ccccc3)nc(-c3cc(-c4nc(-c5ccccc5)nc(-c5ccccc5)n4)cc(-c4cccc5c4sc4ccccc45)c3)n2)cc1. The van der Waals surface area contributed by atoms with Gasteiger partial charge in [-0.1, -0.05) is 158 Å². The molecular formula is C48H30N6S. The van der Waals surface area contributed by atoms with E-state index in [0.29, 0.717) is 34.9 Å². The first-order chi connectivity index (χ1) is 27.2. The van der Waals surface area contributed by atoms with Crippen LogP contribution in [0.3, 0.4) is 0 Å². The van der Waals surface area contributed by atoms with E-state index in [1.54, 1.807) is 11.3 Å². The van der Waals surface area contributed by atoms with Crippen molar-refractivity contribution in [2.24, 2.45) is 0 Å². The third-order valence-corrected chi connectivity index (χ3v) is 10.8. The molecule has 7 aromatic carbocycles. The van der Waals surface area contributed by atoms with Crippen molar-refractivity contribution < 1.29 is 0 Å². The smallest absolute Gasteiger partial charge is 0.164 e. The quantitative estimate of drug-likeness (QED) is 0.163. The van der Waals surface area contributed by atoms with Crippen LogP contribution in [0.1, 0.15) is 0 Å². The van der Waals surface area contributed by atoms with Crippen LogP contribution in [0.4, 0.5) is 0 Å². The van der Waals surface area contributed by atoms with Gasteiger partial charge in [0.2, 0.25) is 0 Å². The number of aromatic nitrogens is 6.